The molecule has 0 aliphatic rings. The second-order valence-corrected chi connectivity index (χ2v) is 1.82. The first-order valence-corrected chi connectivity index (χ1v) is 2.47. The standard InChI is InChI=1S/C3H6N4O4.3K/c1-3(2(8)9,4-6-10)5-7-11;;;/h1H3,(H,4,10)(H,5,11)(H,8,9);;;/q;3*+1/p-1. The molecule has 0 bridgehead atoms. The normalized spacial score (nSPS) is 7.79. The Balaban J connectivity index is -0.000000167. The molecule has 0 saturated heterocycles. The maximum atomic E-state index is 10.2. The molecule has 0 amide bonds. The Labute approximate surface area is 208 Å². The van der Waals surface area contributed by atoms with Crippen molar-refractivity contribution < 1.29 is 164 Å². The number of hydrogen-bond acceptors (Lipinski definition) is 6. The Morgan fingerprint density at radius 2 is 1.43 bits per heavy atom. The third-order valence-electron chi connectivity index (χ3n) is 0.947. The fourth-order valence-electron chi connectivity index (χ4n) is 0.299. The molecule has 0 aliphatic carbocycles. The van der Waals surface area contributed by atoms with Gasteiger partial charge in [-0.2, -0.15) is 0 Å². The van der Waals surface area contributed by atoms with E-state index in [-0.39, 0.29) is 154 Å². The van der Waals surface area contributed by atoms with Crippen LogP contribution in [0.5, 0.6) is 0 Å². The number of nitrogens with one attached hydrogen (secondary N) is 2. The summed E-state index contributed by atoms with van der Waals surface area (Å²) >= 11 is 0. The van der Waals surface area contributed by atoms with Gasteiger partial charge in [0.2, 0.25) is 0 Å². The quantitative estimate of drug-likeness (QED) is 0.223. The van der Waals surface area contributed by atoms with Crippen molar-refractivity contribution in [3.05, 3.63) is 9.81 Å². The van der Waals surface area contributed by atoms with E-state index in [1.54, 1.807) is 10.9 Å². The van der Waals surface area contributed by atoms with Crippen LogP contribution < -0.4 is 170 Å². The van der Waals surface area contributed by atoms with E-state index in [4.69, 9.17) is 0 Å². The van der Waals surface area contributed by atoms with E-state index in [9.17, 15) is 19.7 Å². The van der Waals surface area contributed by atoms with Gasteiger partial charge in [-0.25, -0.2) is 10.9 Å². The molecular weight excluding hydrogens is 273 g/mol. The van der Waals surface area contributed by atoms with Gasteiger partial charge in [0.25, 0.3) is 0 Å². The number of carbonyl (C=O) groups is 1. The molecule has 0 aromatic rings. The summed E-state index contributed by atoms with van der Waals surface area (Å²) in [6.07, 6.45) is 0. The van der Waals surface area contributed by atoms with Gasteiger partial charge in [0.1, 0.15) is 0 Å². The van der Waals surface area contributed by atoms with Crippen molar-refractivity contribution >= 4 is 5.97 Å². The van der Waals surface area contributed by atoms with Crippen LogP contribution in [0.4, 0.5) is 0 Å². The van der Waals surface area contributed by atoms with Crippen LogP contribution in [0.15, 0.2) is 10.6 Å². The van der Waals surface area contributed by atoms with Crippen molar-refractivity contribution in [1.82, 2.24) is 10.9 Å². The van der Waals surface area contributed by atoms with Gasteiger partial charge in [0.05, 0.1) is 16.5 Å². The largest absolute Gasteiger partial charge is 1.00 e. The molecule has 0 radical (unpaired) electrons. The van der Waals surface area contributed by atoms with Crippen LogP contribution in [0, 0.1) is 9.81 Å². The molecule has 2 N–H and O–H groups in total. The molecule has 0 aliphatic heterocycles. The van der Waals surface area contributed by atoms with Crippen LogP contribution in [0.25, 0.3) is 0 Å². The zero-order valence-corrected chi connectivity index (χ0v) is 17.9. The fourth-order valence-corrected chi connectivity index (χ4v) is 0.299. The SMILES string of the molecule is CC(NN=O)(NN=O)C(=O)[O-].[K+].[K+].[K+]. The van der Waals surface area contributed by atoms with Crippen molar-refractivity contribution in [3.8, 4) is 0 Å². The van der Waals surface area contributed by atoms with E-state index in [0.717, 1.165) is 6.92 Å². The first-order chi connectivity index (χ1) is 5.06. The molecule has 0 rings (SSSR count). The van der Waals surface area contributed by atoms with Crippen LogP contribution in [0.2, 0.25) is 0 Å². The summed E-state index contributed by atoms with van der Waals surface area (Å²) in [5.74, 6) is -1.71. The summed E-state index contributed by atoms with van der Waals surface area (Å²) in [5, 5.41) is 14.3. The third-order valence-corrected chi connectivity index (χ3v) is 0.947. The van der Waals surface area contributed by atoms with Crippen molar-refractivity contribution in [2.45, 2.75) is 12.6 Å². The summed E-state index contributed by atoms with van der Waals surface area (Å²) in [6, 6.07) is 0. The number of nitrogens with zero attached hydrogens (tertiary/aromatic N) is 2. The average molecular weight is 278 g/mol. The summed E-state index contributed by atoms with van der Waals surface area (Å²) in [5.41, 5.74) is 1.07. The maximum absolute atomic E-state index is 10.2. The Morgan fingerprint density at radius 1 is 1.14 bits per heavy atom. The van der Waals surface area contributed by atoms with Crippen LogP contribution in [0.3, 0.4) is 0 Å². The van der Waals surface area contributed by atoms with Gasteiger partial charge in [-0.1, -0.05) is 0 Å². The van der Waals surface area contributed by atoms with E-state index in [1.165, 1.54) is 0 Å². The van der Waals surface area contributed by atoms with Crippen LogP contribution >= 0.6 is 0 Å². The van der Waals surface area contributed by atoms with Gasteiger partial charge < -0.3 is 9.90 Å². The van der Waals surface area contributed by atoms with E-state index in [1.807, 2.05) is 0 Å². The zero-order valence-electron chi connectivity index (χ0n) is 8.53. The minimum Gasteiger partial charge on any atom is -0.545 e. The summed E-state index contributed by atoms with van der Waals surface area (Å²) in [6.45, 7) is 0.963. The minimum absolute atomic E-state index is 0. The number of carboxylic acids is 1. The van der Waals surface area contributed by atoms with Crippen molar-refractivity contribution in [2.75, 3.05) is 0 Å². The van der Waals surface area contributed by atoms with Crippen molar-refractivity contribution in [3.63, 3.8) is 0 Å². The van der Waals surface area contributed by atoms with E-state index >= 15 is 0 Å². The van der Waals surface area contributed by atoms with Gasteiger partial charge in [-0.05, 0) is 6.92 Å². The summed E-state index contributed by atoms with van der Waals surface area (Å²) in [7, 11) is 0. The van der Waals surface area contributed by atoms with E-state index < -0.39 is 11.6 Å². The molecule has 0 spiro atoms. The first kappa shape index (κ1) is 25.9. The Hall–Kier alpha value is 3.18. The zero-order chi connectivity index (χ0) is 8.91. The molecule has 0 aromatic heterocycles. The third kappa shape index (κ3) is 10.3. The Morgan fingerprint density at radius 3 is 1.57 bits per heavy atom. The number of carbonyl (C=O) groups excluding carboxylic acids is 1. The van der Waals surface area contributed by atoms with Crippen LogP contribution in [0.1, 0.15) is 6.92 Å². The average Bonchev–Trinajstić information content (AvgIpc) is 1.88. The van der Waals surface area contributed by atoms with Gasteiger partial charge >= 0.3 is 154 Å². The predicted octanol–water partition coefficient (Wildman–Crippen LogP) is -11.0. The van der Waals surface area contributed by atoms with Crippen molar-refractivity contribution in [1.29, 1.82) is 0 Å². The molecule has 0 fully saturated rings. The molecule has 11 heteroatoms. The van der Waals surface area contributed by atoms with Crippen LogP contribution in [-0.4, -0.2) is 11.6 Å². The minimum atomic E-state index is -2.05. The molecule has 62 valence electrons. The predicted molar refractivity (Wildman–Crippen MR) is 31.3 cm³/mol. The van der Waals surface area contributed by atoms with Crippen molar-refractivity contribution in [2.24, 2.45) is 10.6 Å². The molecule has 14 heavy (non-hydrogen) atoms. The first-order valence-electron chi connectivity index (χ1n) is 2.47. The molecule has 0 heterocycles. The number of rotatable bonds is 5. The van der Waals surface area contributed by atoms with E-state index in [0.29, 0.717) is 0 Å². The Kier molecular flexibility index (Phi) is 26.3. The number of hydrogen-bond donors (Lipinski definition) is 2. The molecule has 8 nitrogen and oxygen atoms in total. The smallest absolute Gasteiger partial charge is 0.545 e. The topological polar surface area (TPSA) is 123 Å². The second kappa shape index (κ2) is 14.2. The molecule has 0 atom stereocenters. The van der Waals surface area contributed by atoms with Gasteiger partial charge in [-0.15, -0.1) is 9.81 Å². The number of aliphatic carboxylic acids is 1. The Bertz CT molecular complexity index is 181. The summed E-state index contributed by atoms with van der Waals surface area (Å²) in [4.78, 5) is 29.3. The molecule has 0 unspecified atom stereocenters. The summed E-state index contributed by atoms with van der Waals surface area (Å²) < 4.78 is 0. The fraction of sp³-hybridized carbons (Fsp3) is 0.667. The molecular formula is C3H5K3N4O4+2. The molecule has 0 aromatic carbocycles. The number of carboxylic acid groups (broad SMARTS) is 1. The second-order valence-electron chi connectivity index (χ2n) is 1.82. The maximum Gasteiger partial charge on any atom is 1.00 e. The van der Waals surface area contributed by atoms with Gasteiger partial charge in [0.15, 0.2) is 5.66 Å². The van der Waals surface area contributed by atoms with E-state index in [2.05, 4.69) is 10.6 Å². The monoisotopic (exact) mass is 278 g/mol. The number of nitroso groups, excluding NO2 is 2. The van der Waals surface area contributed by atoms with Crippen LogP contribution in [-0.2, 0) is 4.79 Å². The molecule has 0 saturated carbocycles. The van der Waals surface area contributed by atoms with Gasteiger partial charge in [-0.3, -0.25) is 0 Å². The van der Waals surface area contributed by atoms with Gasteiger partial charge in [0, 0.05) is 0 Å².